The van der Waals surface area contributed by atoms with Gasteiger partial charge in [-0.1, -0.05) is 6.07 Å². The van der Waals surface area contributed by atoms with Gasteiger partial charge in [0.05, 0.1) is 12.2 Å². The molecule has 0 radical (unpaired) electrons. The molecule has 0 spiro atoms. The number of guanidine groups is 1. The first-order valence-electron chi connectivity index (χ1n) is 6.54. The number of nitrogens with zero attached hydrogens (tertiary/aromatic N) is 3. The fraction of sp³-hybridized carbons (Fsp3) is 0.333. The number of hydrogen-bond acceptors (Lipinski definition) is 3. The maximum atomic E-state index is 4.39. The van der Waals surface area contributed by atoms with Crippen molar-refractivity contribution in [2.75, 3.05) is 14.1 Å². The van der Waals surface area contributed by atoms with Gasteiger partial charge in [-0.2, -0.15) is 11.3 Å². The monoisotopic (exact) mass is 288 g/mol. The normalized spacial score (nSPS) is 11.4. The van der Waals surface area contributed by atoms with E-state index in [1.54, 1.807) is 18.4 Å². The minimum Gasteiger partial charge on any atom is -0.351 e. The molecule has 0 amide bonds. The Bertz CT molecular complexity index is 563. The summed E-state index contributed by atoms with van der Waals surface area (Å²) in [6, 6.07) is 6.16. The Balaban J connectivity index is 1.94. The first kappa shape index (κ1) is 14.5. The van der Waals surface area contributed by atoms with Crippen LogP contribution in [-0.2, 0) is 13.1 Å². The van der Waals surface area contributed by atoms with Crippen LogP contribution in [0, 0.1) is 6.92 Å². The summed E-state index contributed by atoms with van der Waals surface area (Å²) in [6.07, 6.45) is 1.82. The third-order valence-corrected chi connectivity index (χ3v) is 3.84. The van der Waals surface area contributed by atoms with Crippen molar-refractivity contribution in [2.45, 2.75) is 20.0 Å². The lowest BCUT2D eigenvalue weighted by atomic mass is 10.2. The van der Waals surface area contributed by atoms with Gasteiger partial charge in [0.25, 0.3) is 0 Å². The summed E-state index contributed by atoms with van der Waals surface area (Å²) in [5, 5.41) is 7.61. The van der Waals surface area contributed by atoms with Crippen LogP contribution in [-0.4, -0.2) is 29.9 Å². The molecule has 5 heteroatoms. The molecule has 0 saturated carbocycles. The van der Waals surface area contributed by atoms with Crippen LogP contribution in [0.4, 0.5) is 0 Å². The van der Waals surface area contributed by atoms with Crippen LogP contribution in [0.1, 0.15) is 16.8 Å². The minimum absolute atomic E-state index is 0.688. The second kappa shape index (κ2) is 7.05. The molecule has 0 atom stereocenters. The third kappa shape index (κ3) is 3.81. The summed E-state index contributed by atoms with van der Waals surface area (Å²) in [5.74, 6) is 0.876. The van der Waals surface area contributed by atoms with Crippen molar-refractivity contribution in [1.82, 2.24) is 15.2 Å². The second-order valence-electron chi connectivity index (χ2n) is 4.66. The fourth-order valence-electron chi connectivity index (χ4n) is 1.98. The van der Waals surface area contributed by atoms with Gasteiger partial charge < -0.3 is 10.2 Å². The Labute approximate surface area is 124 Å². The summed E-state index contributed by atoms with van der Waals surface area (Å²) in [6.45, 7) is 3.61. The SMILES string of the molecule is CN=C(NCc1ncccc1C)N(C)Cc1ccsc1. The van der Waals surface area contributed by atoms with E-state index in [-0.39, 0.29) is 0 Å². The number of aryl methyl sites for hydroxylation is 1. The molecular formula is C15H20N4S. The van der Waals surface area contributed by atoms with Crippen molar-refractivity contribution < 1.29 is 0 Å². The van der Waals surface area contributed by atoms with Crippen LogP contribution in [0.15, 0.2) is 40.1 Å². The molecule has 0 aromatic carbocycles. The first-order valence-corrected chi connectivity index (χ1v) is 7.48. The van der Waals surface area contributed by atoms with Crippen LogP contribution in [0.5, 0.6) is 0 Å². The number of pyridine rings is 1. The van der Waals surface area contributed by atoms with Gasteiger partial charge >= 0.3 is 0 Å². The molecule has 0 aliphatic rings. The lowest BCUT2D eigenvalue weighted by Gasteiger charge is -2.21. The molecule has 106 valence electrons. The van der Waals surface area contributed by atoms with Crippen molar-refractivity contribution in [3.8, 4) is 0 Å². The average molecular weight is 288 g/mol. The molecule has 2 heterocycles. The standard InChI is InChI=1S/C15H20N4S/c1-12-5-4-7-17-14(12)9-18-15(16-2)19(3)10-13-6-8-20-11-13/h4-8,11H,9-10H2,1-3H3,(H,16,18). The molecule has 0 saturated heterocycles. The van der Waals surface area contributed by atoms with Gasteiger partial charge in [0.1, 0.15) is 0 Å². The van der Waals surface area contributed by atoms with Crippen LogP contribution in [0.2, 0.25) is 0 Å². The molecule has 4 nitrogen and oxygen atoms in total. The van der Waals surface area contributed by atoms with Gasteiger partial charge in [0.2, 0.25) is 0 Å². The van der Waals surface area contributed by atoms with Crippen molar-refractivity contribution >= 4 is 17.3 Å². The molecule has 0 fully saturated rings. The predicted octanol–water partition coefficient (Wildman–Crippen LogP) is 2.66. The zero-order valence-corrected chi connectivity index (χ0v) is 12.9. The highest BCUT2D eigenvalue weighted by Crippen LogP contribution is 2.09. The fourth-order valence-corrected chi connectivity index (χ4v) is 2.64. The number of aromatic nitrogens is 1. The maximum Gasteiger partial charge on any atom is 0.194 e. The van der Waals surface area contributed by atoms with Crippen molar-refractivity contribution in [3.05, 3.63) is 52.0 Å². The highest BCUT2D eigenvalue weighted by molar-refractivity contribution is 7.07. The van der Waals surface area contributed by atoms with E-state index in [2.05, 4.69) is 50.0 Å². The number of rotatable bonds is 4. The van der Waals surface area contributed by atoms with Crippen LogP contribution in [0.25, 0.3) is 0 Å². The Morgan fingerprint density at radius 1 is 1.45 bits per heavy atom. The Hall–Kier alpha value is -1.88. The summed E-state index contributed by atoms with van der Waals surface area (Å²) < 4.78 is 0. The van der Waals surface area contributed by atoms with E-state index >= 15 is 0 Å². The van der Waals surface area contributed by atoms with Gasteiger partial charge in [0.15, 0.2) is 5.96 Å². The van der Waals surface area contributed by atoms with Crippen LogP contribution < -0.4 is 5.32 Å². The number of hydrogen-bond donors (Lipinski definition) is 1. The van der Waals surface area contributed by atoms with E-state index in [0.717, 1.165) is 18.2 Å². The maximum absolute atomic E-state index is 4.39. The topological polar surface area (TPSA) is 40.5 Å². The van der Waals surface area contributed by atoms with E-state index in [4.69, 9.17) is 0 Å². The quantitative estimate of drug-likeness (QED) is 0.694. The second-order valence-corrected chi connectivity index (χ2v) is 5.44. The number of aliphatic imine (C=N–C) groups is 1. The lowest BCUT2D eigenvalue weighted by molar-refractivity contribution is 0.476. The van der Waals surface area contributed by atoms with Gasteiger partial charge in [-0.15, -0.1) is 0 Å². The van der Waals surface area contributed by atoms with Crippen molar-refractivity contribution in [2.24, 2.45) is 4.99 Å². The highest BCUT2D eigenvalue weighted by Gasteiger charge is 2.07. The minimum atomic E-state index is 0.688. The molecule has 2 aromatic heterocycles. The largest absolute Gasteiger partial charge is 0.351 e. The number of nitrogens with one attached hydrogen (secondary N) is 1. The molecule has 20 heavy (non-hydrogen) atoms. The molecule has 0 aliphatic heterocycles. The van der Waals surface area contributed by atoms with Gasteiger partial charge in [-0.3, -0.25) is 9.98 Å². The average Bonchev–Trinajstić information content (AvgIpc) is 2.94. The van der Waals surface area contributed by atoms with Crippen LogP contribution in [0.3, 0.4) is 0 Å². The summed E-state index contributed by atoms with van der Waals surface area (Å²) in [4.78, 5) is 10.8. The zero-order chi connectivity index (χ0) is 14.4. The Morgan fingerprint density at radius 2 is 2.30 bits per heavy atom. The molecule has 0 aliphatic carbocycles. The van der Waals surface area contributed by atoms with Gasteiger partial charge in [0, 0.05) is 26.8 Å². The van der Waals surface area contributed by atoms with Crippen molar-refractivity contribution in [1.29, 1.82) is 0 Å². The first-order chi connectivity index (χ1) is 9.70. The third-order valence-electron chi connectivity index (χ3n) is 3.11. The van der Waals surface area contributed by atoms with E-state index < -0.39 is 0 Å². The Morgan fingerprint density at radius 3 is 2.95 bits per heavy atom. The van der Waals surface area contributed by atoms with E-state index in [9.17, 15) is 0 Å². The van der Waals surface area contributed by atoms with Gasteiger partial charge in [-0.25, -0.2) is 0 Å². The number of thiophene rings is 1. The summed E-state index contributed by atoms with van der Waals surface area (Å²) in [7, 11) is 3.84. The van der Waals surface area contributed by atoms with E-state index in [1.807, 2.05) is 19.3 Å². The molecule has 1 N–H and O–H groups in total. The summed E-state index contributed by atoms with van der Waals surface area (Å²) in [5.41, 5.74) is 3.54. The summed E-state index contributed by atoms with van der Waals surface area (Å²) >= 11 is 1.72. The van der Waals surface area contributed by atoms with Crippen LogP contribution >= 0.6 is 11.3 Å². The molecular weight excluding hydrogens is 268 g/mol. The predicted molar refractivity (Wildman–Crippen MR) is 85.0 cm³/mol. The molecule has 0 unspecified atom stereocenters. The molecule has 0 bridgehead atoms. The highest BCUT2D eigenvalue weighted by atomic mass is 32.1. The van der Waals surface area contributed by atoms with Crippen molar-refractivity contribution in [3.63, 3.8) is 0 Å². The molecule has 2 aromatic rings. The van der Waals surface area contributed by atoms with E-state index in [1.165, 1.54) is 11.1 Å². The van der Waals surface area contributed by atoms with Gasteiger partial charge in [-0.05, 0) is 40.9 Å². The Kier molecular flexibility index (Phi) is 5.12. The molecule has 2 rings (SSSR count). The van der Waals surface area contributed by atoms with E-state index in [0.29, 0.717) is 6.54 Å². The lowest BCUT2D eigenvalue weighted by Crippen LogP contribution is -2.38. The zero-order valence-electron chi connectivity index (χ0n) is 12.1. The smallest absolute Gasteiger partial charge is 0.194 e.